The van der Waals surface area contributed by atoms with Gasteiger partial charge in [0.2, 0.25) is 0 Å². The molecule has 3 rings (SSSR count). The van der Waals surface area contributed by atoms with Crippen LogP contribution < -0.4 is 26.3 Å². The molecule has 128 valence electrons. The Labute approximate surface area is 142 Å². The minimum Gasteiger partial charge on any atom is -0.493 e. The molecule has 5 heteroatoms. The van der Waals surface area contributed by atoms with Gasteiger partial charge >= 0.3 is 0 Å². The van der Waals surface area contributed by atoms with Crippen LogP contribution in [0.25, 0.3) is 0 Å². The van der Waals surface area contributed by atoms with Gasteiger partial charge in [0.05, 0.1) is 18.0 Å². The third-order valence-corrected chi connectivity index (χ3v) is 4.29. The van der Waals surface area contributed by atoms with E-state index in [1.165, 1.54) is 12.8 Å². The molecule has 1 saturated heterocycles. The van der Waals surface area contributed by atoms with Gasteiger partial charge in [0, 0.05) is 12.1 Å². The molecule has 0 saturated carbocycles. The number of nitrogens with one attached hydrogen (secondary N) is 1. The van der Waals surface area contributed by atoms with Gasteiger partial charge in [-0.25, -0.2) is 0 Å². The van der Waals surface area contributed by atoms with Gasteiger partial charge in [0.25, 0.3) is 0 Å². The zero-order valence-corrected chi connectivity index (χ0v) is 13.8. The first-order chi connectivity index (χ1) is 11.7. The lowest BCUT2D eigenvalue weighted by Gasteiger charge is -2.11. The molecule has 5 nitrogen and oxygen atoms in total. The van der Waals surface area contributed by atoms with Crippen LogP contribution in [0, 0.1) is 5.92 Å². The van der Waals surface area contributed by atoms with Gasteiger partial charge in [-0.1, -0.05) is 6.07 Å². The maximum absolute atomic E-state index is 5.84. The standard InChI is InChI=1S/C19H25N3O2/c20-18-7-6-17(12-19(18)21)24-16-5-1-4-15(11-16)23-10-2-3-14-8-9-22-13-14/h1,4-7,11-12,14,22H,2-3,8-10,13,20-21H2. The van der Waals surface area contributed by atoms with Gasteiger partial charge in [-0.15, -0.1) is 0 Å². The van der Waals surface area contributed by atoms with Crippen molar-refractivity contribution in [3.05, 3.63) is 42.5 Å². The highest BCUT2D eigenvalue weighted by molar-refractivity contribution is 5.65. The Morgan fingerprint density at radius 3 is 2.62 bits per heavy atom. The summed E-state index contributed by atoms with van der Waals surface area (Å²) in [6.45, 7) is 3.03. The second-order valence-electron chi connectivity index (χ2n) is 6.22. The van der Waals surface area contributed by atoms with Crippen LogP contribution in [-0.4, -0.2) is 19.7 Å². The Hall–Kier alpha value is -2.40. The normalized spacial score (nSPS) is 16.9. The zero-order valence-electron chi connectivity index (χ0n) is 13.8. The molecule has 1 atom stereocenters. The largest absolute Gasteiger partial charge is 0.493 e. The van der Waals surface area contributed by atoms with Crippen molar-refractivity contribution < 1.29 is 9.47 Å². The quantitative estimate of drug-likeness (QED) is 0.536. The van der Waals surface area contributed by atoms with E-state index >= 15 is 0 Å². The fourth-order valence-corrected chi connectivity index (χ4v) is 2.90. The molecule has 2 aromatic carbocycles. The summed E-state index contributed by atoms with van der Waals surface area (Å²) in [6.07, 6.45) is 3.58. The molecule has 5 N–H and O–H groups in total. The summed E-state index contributed by atoms with van der Waals surface area (Å²) < 4.78 is 11.7. The van der Waals surface area contributed by atoms with E-state index in [0.717, 1.165) is 43.5 Å². The van der Waals surface area contributed by atoms with E-state index in [0.29, 0.717) is 17.1 Å². The number of anilines is 2. The molecule has 0 aromatic heterocycles. The van der Waals surface area contributed by atoms with Gasteiger partial charge < -0.3 is 26.3 Å². The average molecular weight is 327 g/mol. The maximum atomic E-state index is 5.84. The topological polar surface area (TPSA) is 82.5 Å². The van der Waals surface area contributed by atoms with Gasteiger partial charge in [-0.3, -0.25) is 0 Å². The first-order valence-corrected chi connectivity index (χ1v) is 8.47. The molecule has 0 radical (unpaired) electrons. The molecule has 1 aliphatic heterocycles. The van der Waals surface area contributed by atoms with Crippen LogP contribution in [0.15, 0.2) is 42.5 Å². The molecule has 24 heavy (non-hydrogen) atoms. The minimum absolute atomic E-state index is 0.515. The molecular weight excluding hydrogens is 302 g/mol. The van der Waals surface area contributed by atoms with Crippen LogP contribution in [0.1, 0.15) is 19.3 Å². The summed E-state index contributed by atoms with van der Waals surface area (Å²) in [5.74, 6) is 3.00. The van der Waals surface area contributed by atoms with Crippen molar-refractivity contribution >= 4 is 11.4 Å². The number of benzene rings is 2. The first-order valence-electron chi connectivity index (χ1n) is 8.47. The van der Waals surface area contributed by atoms with Crippen LogP contribution in [0.4, 0.5) is 11.4 Å². The van der Waals surface area contributed by atoms with Crippen LogP contribution in [0.3, 0.4) is 0 Å². The highest BCUT2D eigenvalue weighted by Crippen LogP contribution is 2.28. The van der Waals surface area contributed by atoms with E-state index < -0.39 is 0 Å². The summed E-state index contributed by atoms with van der Waals surface area (Å²) in [4.78, 5) is 0. The number of ether oxygens (including phenoxy) is 2. The Morgan fingerprint density at radius 2 is 1.83 bits per heavy atom. The summed E-state index contributed by atoms with van der Waals surface area (Å²) >= 11 is 0. The Morgan fingerprint density at radius 1 is 1.00 bits per heavy atom. The molecule has 0 bridgehead atoms. The monoisotopic (exact) mass is 327 g/mol. The van der Waals surface area contributed by atoms with Crippen molar-refractivity contribution in [1.82, 2.24) is 5.32 Å². The SMILES string of the molecule is Nc1ccc(Oc2cccc(OCCCC3CCNC3)c2)cc1N. The summed E-state index contributed by atoms with van der Waals surface area (Å²) in [5, 5.41) is 3.39. The molecular formula is C19H25N3O2. The molecule has 0 spiro atoms. The van der Waals surface area contributed by atoms with Crippen LogP contribution in [0.5, 0.6) is 17.2 Å². The fourth-order valence-electron chi connectivity index (χ4n) is 2.90. The summed E-state index contributed by atoms with van der Waals surface area (Å²) in [6, 6.07) is 12.9. The maximum Gasteiger partial charge on any atom is 0.131 e. The van der Waals surface area contributed by atoms with E-state index in [1.807, 2.05) is 24.3 Å². The van der Waals surface area contributed by atoms with Crippen molar-refractivity contribution in [1.29, 1.82) is 0 Å². The van der Waals surface area contributed by atoms with Crippen molar-refractivity contribution in [2.75, 3.05) is 31.2 Å². The Bertz CT molecular complexity index is 669. The minimum atomic E-state index is 0.515. The van der Waals surface area contributed by atoms with Crippen molar-refractivity contribution in [3.63, 3.8) is 0 Å². The van der Waals surface area contributed by atoms with E-state index in [4.69, 9.17) is 20.9 Å². The van der Waals surface area contributed by atoms with Crippen molar-refractivity contribution in [2.45, 2.75) is 19.3 Å². The van der Waals surface area contributed by atoms with Gasteiger partial charge in [0.1, 0.15) is 17.2 Å². The number of nitrogens with two attached hydrogens (primary N) is 2. The summed E-state index contributed by atoms with van der Waals surface area (Å²) in [5.41, 5.74) is 12.6. The van der Waals surface area contributed by atoms with Gasteiger partial charge in [0.15, 0.2) is 0 Å². The van der Waals surface area contributed by atoms with Crippen LogP contribution in [-0.2, 0) is 0 Å². The van der Waals surface area contributed by atoms with Gasteiger partial charge in [-0.2, -0.15) is 0 Å². The predicted octanol–water partition coefficient (Wildman–Crippen LogP) is 3.41. The molecule has 2 aromatic rings. The average Bonchev–Trinajstić information content (AvgIpc) is 3.09. The molecule has 0 amide bonds. The zero-order chi connectivity index (χ0) is 16.8. The van der Waals surface area contributed by atoms with Crippen molar-refractivity contribution in [2.24, 2.45) is 5.92 Å². The van der Waals surface area contributed by atoms with E-state index in [9.17, 15) is 0 Å². The number of hydrogen-bond donors (Lipinski definition) is 3. The van der Waals surface area contributed by atoms with E-state index in [1.54, 1.807) is 18.2 Å². The molecule has 1 unspecified atom stereocenters. The highest BCUT2D eigenvalue weighted by Gasteiger charge is 2.13. The Balaban J connectivity index is 1.50. The van der Waals surface area contributed by atoms with E-state index in [2.05, 4.69) is 5.32 Å². The number of nitrogen functional groups attached to an aromatic ring is 2. The lowest BCUT2D eigenvalue weighted by molar-refractivity contribution is 0.294. The fraction of sp³-hybridized carbons (Fsp3) is 0.368. The highest BCUT2D eigenvalue weighted by atomic mass is 16.5. The van der Waals surface area contributed by atoms with E-state index in [-0.39, 0.29) is 0 Å². The molecule has 1 heterocycles. The summed E-state index contributed by atoms with van der Waals surface area (Å²) in [7, 11) is 0. The second-order valence-corrected chi connectivity index (χ2v) is 6.22. The van der Waals surface area contributed by atoms with Crippen molar-refractivity contribution in [3.8, 4) is 17.2 Å². The third-order valence-electron chi connectivity index (χ3n) is 4.29. The lowest BCUT2D eigenvalue weighted by Crippen LogP contribution is -2.09. The van der Waals surface area contributed by atoms with Crippen LogP contribution in [0.2, 0.25) is 0 Å². The second kappa shape index (κ2) is 7.93. The molecule has 1 fully saturated rings. The first kappa shape index (κ1) is 16.5. The number of hydrogen-bond acceptors (Lipinski definition) is 5. The Kier molecular flexibility index (Phi) is 5.43. The third kappa shape index (κ3) is 4.55. The van der Waals surface area contributed by atoms with Crippen LogP contribution >= 0.6 is 0 Å². The lowest BCUT2D eigenvalue weighted by atomic mass is 10.0. The number of rotatable bonds is 7. The molecule has 1 aliphatic rings. The smallest absolute Gasteiger partial charge is 0.131 e. The predicted molar refractivity (Wildman–Crippen MR) is 97.5 cm³/mol. The molecule has 0 aliphatic carbocycles. The van der Waals surface area contributed by atoms with Gasteiger partial charge in [-0.05, 0) is 62.5 Å².